The van der Waals surface area contributed by atoms with Crippen molar-refractivity contribution in [2.45, 2.75) is 6.92 Å². The lowest BCUT2D eigenvalue weighted by atomic mass is 10.3. The van der Waals surface area contributed by atoms with Crippen LogP contribution in [0.25, 0.3) is 10.2 Å². The number of halogens is 1. The Morgan fingerprint density at radius 2 is 2.27 bits per heavy atom. The summed E-state index contributed by atoms with van der Waals surface area (Å²) in [7, 11) is 0. The van der Waals surface area contributed by atoms with Crippen LogP contribution in [0.15, 0.2) is 6.07 Å². The Balaban J connectivity index is 2.87. The van der Waals surface area contributed by atoms with Gasteiger partial charge in [-0.2, -0.15) is 9.47 Å². The Kier molecular flexibility index (Phi) is 1.76. The Bertz CT molecular complexity index is 398. The van der Waals surface area contributed by atoms with E-state index < -0.39 is 0 Å². The molecule has 5 heteroatoms. The summed E-state index contributed by atoms with van der Waals surface area (Å²) in [4.78, 5) is 0.917. The number of aryl methyl sites for hydroxylation is 1. The fourth-order valence-corrected chi connectivity index (χ4v) is 2.31. The van der Waals surface area contributed by atoms with Crippen LogP contribution in [0, 0.1) is 10.6 Å². The lowest BCUT2D eigenvalue weighted by Crippen LogP contribution is -1.84. The Morgan fingerprint density at radius 3 is 3.09 bits per heavy atom. The lowest BCUT2D eigenvalue weighted by molar-refractivity contribution is 1.03. The molecule has 2 aromatic heterocycles. The molecule has 0 aliphatic carbocycles. The molecule has 0 radical (unpaired) electrons. The van der Waals surface area contributed by atoms with Crippen LogP contribution >= 0.6 is 34.1 Å². The molecular weight excluding hydrogens is 273 g/mol. The Morgan fingerprint density at radius 1 is 1.45 bits per heavy atom. The van der Waals surface area contributed by atoms with E-state index in [9.17, 15) is 0 Å². The number of hydrogen-bond donors (Lipinski definition) is 0. The van der Waals surface area contributed by atoms with Crippen molar-refractivity contribution in [3.8, 4) is 0 Å². The number of hydrogen-bond acceptors (Lipinski definition) is 4. The van der Waals surface area contributed by atoms with E-state index in [2.05, 4.69) is 37.2 Å². The minimum Gasteiger partial charge on any atom is -0.184 e. The average Bonchev–Trinajstić information content (AvgIpc) is 2.33. The summed E-state index contributed by atoms with van der Waals surface area (Å²) in [5.74, 6) is 0. The average molecular weight is 277 g/mol. The first kappa shape index (κ1) is 7.35. The first-order valence-electron chi connectivity index (χ1n) is 3.02. The van der Waals surface area contributed by atoms with E-state index >= 15 is 0 Å². The van der Waals surface area contributed by atoms with E-state index in [1.54, 1.807) is 0 Å². The fourth-order valence-electron chi connectivity index (χ4n) is 0.825. The van der Waals surface area contributed by atoms with Gasteiger partial charge in [0.05, 0.1) is 5.69 Å². The number of aromatic nitrogens is 3. The summed E-state index contributed by atoms with van der Waals surface area (Å²) < 4.78 is 5.18. The monoisotopic (exact) mass is 277 g/mol. The maximum atomic E-state index is 4.16. The Labute approximate surface area is 81.1 Å². The summed E-state index contributed by atoms with van der Waals surface area (Å²) in [6, 6.07) is 2.01. The molecule has 0 spiro atoms. The van der Waals surface area contributed by atoms with Gasteiger partial charge in [0.2, 0.25) is 0 Å². The van der Waals surface area contributed by atoms with Gasteiger partial charge in [-0.15, -0.1) is 5.10 Å². The number of fused-ring (bicyclic) bond motifs is 1. The van der Waals surface area contributed by atoms with Crippen LogP contribution < -0.4 is 0 Å². The zero-order chi connectivity index (χ0) is 7.84. The van der Waals surface area contributed by atoms with Crippen molar-refractivity contribution in [3.05, 3.63) is 15.5 Å². The minimum absolute atomic E-state index is 0.917. The van der Waals surface area contributed by atoms with Crippen molar-refractivity contribution >= 4 is 44.3 Å². The second kappa shape index (κ2) is 2.63. The molecule has 0 aliphatic heterocycles. The molecule has 0 unspecified atom stereocenters. The molecular formula is C6H4IN3S. The normalized spacial score (nSPS) is 10.7. The first-order chi connectivity index (χ1) is 5.27. The molecule has 0 aliphatic rings. The van der Waals surface area contributed by atoms with Gasteiger partial charge < -0.3 is 0 Å². The smallest absolute Gasteiger partial charge is 0.167 e. The van der Waals surface area contributed by atoms with Crippen LogP contribution in [0.2, 0.25) is 0 Å². The van der Waals surface area contributed by atoms with Gasteiger partial charge in [0.25, 0.3) is 0 Å². The van der Waals surface area contributed by atoms with Gasteiger partial charge >= 0.3 is 0 Å². The second-order valence-electron chi connectivity index (χ2n) is 2.18. The minimum atomic E-state index is 0.917. The van der Waals surface area contributed by atoms with Crippen molar-refractivity contribution in [1.82, 2.24) is 14.6 Å². The molecule has 0 N–H and O–H groups in total. The van der Waals surface area contributed by atoms with E-state index in [4.69, 9.17) is 0 Å². The molecule has 0 saturated heterocycles. The van der Waals surface area contributed by atoms with Gasteiger partial charge in [-0.1, -0.05) is 0 Å². The van der Waals surface area contributed by atoms with Gasteiger partial charge in [-0.3, -0.25) is 0 Å². The third kappa shape index (κ3) is 1.22. The standard InChI is InChI=1S/C6H4IN3S/c1-3-2-4-5(7)10-11-6(4)9-8-3/h2H,1H3. The molecule has 2 aromatic rings. The highest BCUT2D eigenvalue weighted by atomic mass is 127. The highest BCUT2D eigenvalue weighted by molar-refractivity contribution is 14.1. The molecule has 2 rings (SSSR count). The quantitative estimate of drug-likeness (QED) is 0.691. The predicted octanol–water partition coefficient (Wildman–Crippen LogP) is 2.00. The third-order valence-corrected chi connectivity index (χ3v) is 3.21. The largest absolute Gasteiger partial charge is 0.184 e. The van der Waals surface area contributed by atoms with Crippen molar-refractivity contribution in [2.24, 2.45) is 0 Å². The summed E-state index contributed by atoms with van der Waals surface area (Å²) in [6.45, 7) is 1.93. The first-order valence-corrected chi connectivity index (χ1v) is 4.88. The van der Waals surface area contributed by atoms with Gasteiger partial charge in [-0.25, -0.2) is 0 Å². The van der Waals surface area contributed by atoms with Crippen LogP contribution in [-0.2, 0) is 0 Å². The van der Waals surface area contributed by atoms with Crippen molar-refractivity contribution in [1.29, 1.82) is 0 Å². The van der Waals surface area contributed by atoms with Crippen LogP contribution in [0.4, 0.5) is 0 Å². The zero-order valence-electron chi connectivity index (χ0n) is 5.71. The van der Waals surface area contributed by atoms with Crippen LogP contribution in [-0.4, -0.2) is 14.6 Å². The summed E-state index contributed by atoms with van der Waals surface area (Å²) >= 11 is 3.59. The highest BCUT2D eigenvalue weighted by Crippen LogP contribution is 2.21. The molecule has 11 heavy (non-hydrogen) atoms. The third-order valence-electron chi connectivity index (χ3n) is 1.32. The van der Waals surface area contributed by atoms with Crippen LogP contribution in [0.5, 0.6) is 0 Å². The van der Waals surface area contributed by atoms with Crippen molar-refractivity contribution < 1.29 is 0 Å². The highest BCUT2D eigenvalue weighted by Gasteiger charge is 2.03. The van der Waals surface area contributed by atoms with Crippen LogP contribution in [0.3, 0.4) is 0 Å². The van der Waals surface area contributed by atoms with Crippen molar-refractivity contribution in [2.75, 3.05) is 0 Å². The SMILES string of the molecule is Cc1cc2c(I)nsc2nn1. The molecule has 0 fully saturated rings. The molecule has 3 nitrogen and oxygen atoms in total. The molecule has 0 saturated carbocycles. The second-order valence-corrected chi connectivity index (χ2v) is 3.95. The van der Waals surface area contributed by atoms with Gasteiger partial charge in [-0.05, 0) is 47.1 Å². The molecule has 0 bridgehead atoms. The summed E-state index contributed by atoms with van der Waals surface area (Å²) in [5, 5.41) is 9.05. The van der Waals surface area contributed by atoms with E-state index in [1.165, 1.54) is 11.5 Å². The molecule has 2 heterocycles. The summed E-state index contributed by atoms with van der Waals surface area (Å²) in [5.41, 5.74) is 0.940. The maximum absolute atomic E-state index is 4.16. The molecule has 0 amide bonds. The molecule has 0 aromatic carbocycles. The topological polar surface area (TPSA) is 38.7 Å². The number of rotatable bonds is 0. The van der Waals surface area contributed by atoms with Crippen LogP contribution in [0.1, 0.15) is 5.69 Å². The molecule has 56 valence electrons. The van der Waals surface area contributed by atoms with E-state index in [1.807, 2.05) is 13.0 Å². The van der Waals surface area contributed by atoms with E-state index in [-0.39, 0.29) is 0 Å². The predicted molar refractivity (Wildman–Crippen MR) is 52.7 cm³/mol. The van der Waals surface area contributed by atoms with Gasteiger partial charge in [0.1, 0.15) is 3.70 Å². The maximum Gasteiger partial charge on any atom is 0.167 e. The summed E-state index contributed by atoms with van der Waals surface area (Å²) in [6.07, 6.45) is 0. The Hall–Kier alpha value is -0.300. The fraction of sp³-hybridized carbons (Fsp3) is 0.167. The molecule has 0 atom stereocenters. The van der Waals surface area contributed by atoms with Gasteiger partial charge in [0, 0.05) is 5.39 Å². The number of nitrogens with zero attached hydrogens (tertiary/aromatic N) is 3. The van der Waals surface area contributed by atoms with Gasteiger partial charge in [0.15, 0.2) is 4.83 Å². The lowest BCUT2D eigenvalue weighted by Gasteiger charge is -1.88. The zero-order valence-corrected chi connectivity index (χ0v) is 8.68. The van der Waals surface area contributed by atoms with Crippen molar-refractivity contribution in [3.63, 3.8) is 0 Å². The van der Waals surface area contributed by atoms with E-state index in [0.717, 1.165) is 19.6 Å². The van der Waals surface area contributed by atoms with E-state index in [0.29, 0.717) is 0 Å².